The highest BCUT2D eigenvalue weighted by molar-refractivity contribution is 7.80. The van der Waals surface area contributed by atoms with Crippen LogP contribution in [0.25, 0.3) is 0 Å². The van der Waals surface area contributed by atoms with Gasteiger partial charge in [-0.25, -0.2) is 4.79 Å². The Balaban J connectivity index is 2.14. The minimum Gasteiger partial charge on any atom is -0.504 e. The molecule has 0 radical (unpaired) electrons. The lowest BCUT2D eigenvalue weighted by atomic mass is 10.0. The van der Waals surface area contributed by atoms with Crippen molar-refractivity contribution in [2.45, 2.75) is 49.9 Å². The van der Waals surface area contributed by atoms with Gasteiger partial charge >= 0.3 is 11.9 Å². The highest BCUT2D eigenvalue weighted by Gasteiger charge is 2.29. The van der Waals surface area contributed by atoms with Crippen molar-refractivity contribution in [2.24, 2.45) is 5.73 Å². The van der Waals surface area contributed by atoms with Gasteiger partial charge in [-0.05, 0) is 48.2 Å². The van der Waals surface area contributed by atoms with Gasteiger partial charge in [0.1, 0.15) is 24.7 Å². The van der Waals surface area contributed by atoms with E-state index in [1.165, 1.54) is 24.3 Å². The summed E-state index contributed by atoms with van der Waals surface area (Å²) in [6.07, 6.45) is -1.35. The van der Waals surface area contributed by atoms with E-state index in [4.69, 9.17) is 10.8 Å². The van der Waals surface area contributed by atoms with E-state index in [9.17, 15) is 54.3 Å². The van der Waals surface area contributed by atoms with E-state index in [-0.39, 0.29) is 29.9 Å². The predicted molar refractivity (Wildman–Crippen MR) is 162 cm³/mol. The van der Waals surface area contributed by atoms with Gasteiger partial charge < -0.3 is 57.6 Å². The second-order valence-corrected chi connectivity index (χ2v) is 10.4. The first-order chi connectivity index (χ1) is 21.6. The number of phenols is 4. The number of carboxylic acid groups (broad SMARTS) is 2. The van der Waals surface area contributed by atoms with Crippen molar-refractivity contribution in [3.63, 3.8) is 0 Å². The van der Waals surface area contributed by atoms with Gasteiger partial charge in [-0.15, -0.1) is 0 Å². The molecule has 0 saturated carbocycles. The summed E-state index contributed by atoms with van der Waals surface area (Å²) in [4.78, 5) is 73.3. The van der Waals surface area contributed by atoms with Crippen molar-refractivity contribution in [3.05, 3.63) is 47.5 Å². The molecular formula is C28H35N5O12S. The summed E-state index contributed by atoms with van der Waals surface area (Å²) in [5.74, 6) is -8.28. The SMILES string of the molecule is N[C@@H](Cc1ccc(O)c(O)c1)C(=O)N[C@@H](Cc1ccc(O)c(O)c1)C(=O)NC(CCC(=O)NC(CS)C(=O)NCC(=O)O)C(=O)O. The smallest absolute Gasteiger partial charge is 0.326 e. The number of carbonyl (C=O) groups excluding carboxylic acids is 4. The van der Waals surface area contributed by atoms with E-state index in [1.807, 2.05) is 0 Å². The summed E-state index contributed by atoms with van der Waals surface area (Å²) in [6.45, 7) is -0.696. The Labute approximate surface area is 267 Å². The number of carboxylic acids is 2. The molecule has 0 aliphatic rings. The van der Waals surface area contributed by atoms with E-state index in [1.54, 1.807) is 0 Å². The first-order valence-corrected chi connectivity index (χ1v) is 14.2. The Kier molecular flexibility index (Phi) is 13.9. The molecule has 0 aliphatic carbocycles. The summed E-state index contributed by atoms with van der Waals surface area (Å²) in [5.41, 5.74) is 6.64. The monoisotopic (exact) mass is 665 g/mol. The van der Waals surface area contributed by atoms with Crippen LogP contribution in [0.5, 0.6) is 23.0 Å². The van der Waals surface area contributed by atoms with E-state index >= 15 is 0 Å². The van der Waals surface area contributed by atoms with Crippen LogP contribution in [0, 0.1) is 0 Å². The fraction of sp³-hybridized carbons (Fsp3) is 0.357. The van der Waals surface area contributed by atoms with Crippen molar-refractivity contribution >= 4 is 48.2 Å². The van der Waals surface area contributed by atoms with Crippen molar-refractivity contribution in [1.82, 2.24) is 21.3 Å². The van der Waals surface area contributed by atoms with E-state index < -0.39 is 96.4 Å². The first-order valence-electron chi connectivity index (χ1n) is 13.6. The molecule has 46 heavy (non-hydrogen) atoms. The molecule has 250 valence electrons. The normalized spacial score (nSPS) is 13.3. The Morgan fingerprint density at radius 3 is 1.74 bits per heavy atom. The fourth-order valence-electron chi connectivity index (χ4n) is 4.01. The van der Waals surface area contributed by atoms with E-state index in [0.717, 1.165) is 12.1 Å². The zero-order valence-electron chi connectivity index (χ0n) is 24.2. The second-order valence-electron chi connectivity index (χ2n) is 10.1. The number of aromatic hydroxyl groups is 4. The van der Waals surface area contributed by atoms with Crippen LogP contribution in [0.15, 0.2) is 36.4 Å². The van der Waals surface area contributed by atoms with Crippen LogP contribution in [-0.2, 0) is 41.6 Å². The molecular weight excluding hydrogens is 630 g/mol. The lowest BCUT2D eigenvalue weighted by Crippen LogP contribution is -2.55. The van der Waals surface area contributed by atoms with Crippen molar-refractivity contribution < 1.29 is 59.4 Å². The Morgan fingerprint density at radius 2 is 1.24 bits per heavy atom. The van der Waals surface area contributed by atoms with Gasteiger partial charge in [-0.1, -0.05) is 12.1 Å². The molecule has 0 saturated heterocycles. The minimum atomic E-state index is -1.64. The van der Waals surface area contributed by atoms with Crippen molar-refractivity contribution in [1.29, 1.82) is 0 Å². The molecule has 0 heterocycles. The maximum absolute atomic E-state index is 13.3. The quantitative estimate of drug-likeness (QED) is 0.0648. The number of thiol groups is 1. The number of phenolic OH excluding ortho intramolecular Hbond substituents is 4. The largest absolute Gasteiger partial charge is 0.504 e. The highest BCUT2D eigenvalue weighted by atomic mass is 32.1. The number of carbonyl (C=O) groups is 6. The molecule has 12 N–H and O–H groups in total. The van der Waals surface area contributed by atoms with E-state index in [0.29, 0.717) is 5.56 Å². The fourth-order valence-corrected chi connectivity index (χ4v) is 4.27. The number of rotatable bonds is 17. The third kappa shape index (κ3) is 11.7. The first kappa shape index (κ1) is 37.0. The van der Waals surface area contributed by atoms with Gasteiger partial charge in [0.2, 0.25) is 23.6 Å². The standard InChI is InChI=1S/C28H35N5O12S/c29-15(7-13-1-4-19(34)21(36)9-13)25(41)33-17(8-14-2-5-20(35)22(37)10-14)27(43)32-16(28(44)45)3-6-23(38)31-18(12-46)26(42)30-11-24(39)40/h1-2,4-5,9-10,15-18,34-37,46H,3,6-8,11-12,29H2,(H,30,42)(H,31,38)(H,32,43)(H,33,41)(H,39,40)(H,44,45)/t15-,16?,17-,18?/m0/s1. The summed E-state index contributed by atoms with van der Waals surface area (Å²) in [5, 5.41) is 66.1. The zero-order chi connectivity index (χ0) is 34.6. The molecule has 0 fully saturated rings. The number of aliphatic carboxylic acids is 2. The number of benzene rings is 2. The van der Waals surface area contributed by atoms with Gasteiger partial charge in [-0.2, -0.15) is 12.6 Å². The average molecular weight is 666 g/mol. The van der Waals surface area contributed by atoms with Crippen LogP contribution in [0.2, 0.25) is 0 Å². The molecule has 0 spiro atoms. The van der Waals surface area contributed by atoms with Crippen LogP contribution >= 0.6 is 12.6 Å². The molecule has 0 bridgehead atoms. The third-order valence-corrected chi connectivity index (χ3v) is 6.83. The molecule has 2 aromatic rings. The van der Waals surface area contributed by atoms with Gasteiger partial charge in [0.05, 0.1) is 6.04 Å². The van der Waals surface area contributed by atoms with E-state index in [2.05, 4.69) is 33.9 Å². The zero-order valence-corrected chi connectivity index (χ0v) is 25.1. The minimum absolute atomic E-state index is 0.123. The molecule has 4 atom stereocenters. The van der Waals surface area contributed by atoms with Gasteiger partial charge in [-0.3, -0.25) is 24.0 Å². The summed E-state index contributed by atoms with van der Waals surface area (Å²) in [6, 6.07) is 1.84. The third-order valence-electron chi connectivity index (χ3n) is 6.47. The van der Waals surface area contributed by atoms with Crippen LogP contribution in [-0.4, -0.2) is 103 Å². The number of hydrogen-bond donors (Lipinski definition) is 12. The Morgan fingerprint density at radius 1 is 0.696 bits per heavy atom. The highest BCUT2D eigenvalue weighted by Crippen LogP contribution is 2.26. The molecule has 0 aromatic heterocycles. The van der Waals surface area contributed by atoms with Crippen LogP contribution < -0.4 is 27.0 Å². The average Bonchev–Trinajstić information content (AvgIpc) is 2.99. The molecule has 4 amide bonds. The predicted octanol–water partition coefficient (Wildman–Crippen LogP) is -1.93. The van der Waals surface area contributed by atoms with Crippen LogP contribution in [0.3, 0.4) is 0 Å². The molecule has 18 heteroatoms. The topological polar surface area (TPSA) is 298 Å². The molecule has 2 unspecified atom stereocenters. The number of nitrogens with one attached hydrogen (secondary N) is 4. The van der Waals surface area contributed by atoms with Crippen LogP contribution in [0.1, 0.15) is 24.0 Å². The van der Waals surface area contributed by atoms with Crippen LogP contribution in [0.4, 0.5) is 0 Å². The number of amides is 4. The maximum Gasteiger partial charge on any atom is 0.326 e. The Bertz CT molecular complexity index is 1460. The van der Waals surface area contributed by atoms with Crippen molar-refractivity contribution in [3.8, 4) is 23.0 Å². The summed E-state index contributed by atoms with van der Waals surface area (Å²) in [7, 11) is 0. The molecule has 2 aromatic carbocycles. The molecule has 17 nitrogen and oxygen atoms in total. The second kappa shape index (κ2) is 17.3. The lowest BCUT2D eigenvalue weighted by Gasteiger charge is -2.23. The maximum atomic E-state index is 13.3. The number of hydrogen-bond acceptors (Lipinski definition) is 12. The lowest BCUT2D eigenvalue weighted by molar-refractivity contribution is -0.142. The van der Waals surface area contributed by atoms with Gasteiger partial charge in [0.15, 0.2) is 23.0 Å². The van der Waals surface area contributed by atoms with Crippen molar-refractivity contribution in [2.75, 3.05) is 12.3 Å². The summed E-state index contributed by atoms with van der Waals surface area (Å²) < 4.78 is 0. The number of nitrogens with two attached hydrogens (primary N) is 1. The molecule has 0 aliphatic heterocycles. The van der Waals surface area contributed by atoms with Gasteiger partial charge in [0.25, 0.3) is 0 Å². The molecule has 2 rings (SSSR count). The van der Waals surface area contributed by atoms with Gasteiger partial charge in [0, 0.05) is 18.6 Å². The summed E-state index contributed by atoms with van der Waals surface area (Å²) >= 11 is 3.95. The Hall–Kier alpha value is -5.23.